The van der Waals surface area contributed by atoms with Crippen molar-refractivity contribution in [2.24, 2.45) is 0 Å². The highest BCUT2D eigenvalue weighted by atomic mass is 16.7. The quantitative estimate of drug-likeness (QED) is 0.723. The number of nitrogens with zero attached hydrogens (tertiary/aromatic N) is 1. The van der Waals surface area contributed by atoms with Gasteiger partial charge in [0.25, 0.3) is 0 Å². The van der Waals surface area contributed by atoms with Crippen molar-refractivity contribution in [3.05, 3.63) is 53.6 Å². The first kappa shape index (κ1) is 19.3. The van der Waals surface area contributed by atoms with E-state index in [2.05, 4.69) is 10.2 Å². The Bertz CT molecular complexity index is 875. The first-order chi connectivity index (χ1) is 14.2. The molecule has 2 heterocycles. The molecule has 0 unspecified atom stereocenters. The van der Waals surface area contributed by atoms with E-state index in [4.69, 9.17) is 14.2 Å². The van der Waals surface area contributed by atoms with Crippen molar-refractivity contribution < 1.29 is 23.8 Å². The maximum atomic E-state index is 12.4. The van der Waals surface area contributed by atoms with Crippen LogP contribution in [0.1, 0.15) is 22.3 Å². The number of anilines is 1. The van der Waals surface area contributed by atoms with E-state index in [0.29, 0.717) is 24.2 Å². The number of ketones is 1. The molecular formula is C22H24N2O5. The number of rotatable bonds is 7. The standard InChI is InChI=1S/C22H24N2O5/c25-19(17-3-5-18(6-4-17)24-9-11-27-12-10-24)14-23-22(26)8-2-16-1-7-20-21(13-16)29-15-28-20/h1,3-7,13H,2,8-12,14-15H2,(H,23,26). The van der Waals surface area contributed by atoms with Crippen LogP contribution in [0.25, 0.3) is 0 Å². The Hall–Kier alpha value is -3.06. The third kappa shape index (κ3) is 4.86. The summed E-state index contributed by atoms with van der Waals surface area (Å²) in [4.78, 5) is 26.7. The number of Topliss-reactive ketones (excluding diaryl/α,β-unsaturated/α-hetero) is 1. The second kappa shape index (κ2) is 8.96. The second-order valence-electron chi connectivity index (χ2n) is 7.03. The Labute approximate surface area is 169 Å². The van der Waals surface area contributed by atoms with Gasteiger partial charge in [-0.3, -0.25) is 9.59 Å². The van der Waals surface area contributed by atoms with Crippen molar-refractivity contribution in [3.8, 4) is 11.5 Å². The molecule has 2 aromatic rings. The molecule has 29 heavy (non-hydrogen) atoms. The lowest BCUT2D eigenvalue weighted by atomic mass is 10.1. The van der Waals surface area contributed by atoms with Gasteiger partial charge >= 0.3 is 0 Å². The number of ether oxygens (including phenoxy) is 3. The lowest BCUT2D eigenvalue weighted by Crippen LogP contribution is -2.36. The summed E-state index contributed by atoms with van der Waals surface area (Å²) in [6, 6.07) is 13.2. The highest BCUT2D eigenvalue weighted by Gasteiger charge is 2.15. The van der Waals surface area contributed by atoms with Crippen LogP contribution < -0.4 is 19.7 Å². The zero-order valence-electron chi connectivity index (χ0n) is 16.2. The Morgan fingerprint density at radius 1 is 0.966 bits per heavy atom. The molecule has 1 N–H and O–H groups in total. The Morgan fingerprint density at radius 2 is 1.72 bits per heavy atom. The molecule has 1 fully saturated rings. The van der Waals surface area contributed by atoms with Crippen LogP contribution in [-0.4, -0.2) is 51.3 Å². The summed E-state index contributed by atoms with van der Waals surface area (Å²) in [5.74, 6) is 1.18. The second-order valence-corrected chi connectivity index (χ2v) is 7.03. The Balaban J connectivity index is 1.23. The molecule has 0 saturated carbocycles. The summed E-state index contributed by atoms with van der Waals surface area (Å²) in [6.45, 7) is 3.38. The van der Waals surface area contributed by atoms with E-state index in [1.54, 1.807) is 0 Å². The van der Waals surface area contributed by atoms with Gasteiger partial charge in [-0.25, -0.2) is 0 Å². The van der Waals surface area contributed by atoms with Gasteiger partial charge in [-0.15, -0.1) is 0 Å². The average molecular weight is 396 g/mol. The van der Waals surface area contributed by atoms with E-state index in [-0.39, 0.29) is 25.0 Å². The van der Waals surface area contributed by atoms with Crippen LogP contribution in [-0.2, 0) is 16.0 Å². The number of fused-ring (bicyclic) bond motifs is 1. The predicted octanol–water partition coefficient (Wildman–Crippen LogP) is 2.18. The minimum Gasteiger partial charge on any atom is -0.454 e. The smallest absolute Gasteiger partial charge is 0.231 e. The van der Waals surface area contributed by atoms with Crippen LogP contribution in [0.3, 0.4) is 0 Å². The fourth-order valence-corrected chi connectivity index (χ4v) is 3.40. The van der Waals surface area contributed by atoms with Gasteiger partial charge in [0.15, 0.2) is 17.3 Å². The summed E-state index contributed by atoms with van der Waals surface area (Å²) in [6.07, 6.45) is 0.883. The molecule has 7 nitrogen and oxygen atoms in total. The molecule has 152 valence electrons. The molecule has 7 heteroatoms. The van der Waals surface area contributed by atoms with E-state index in [1.165, 1.54) is 0 Å². The SMILES string of the molecule is O=C(CCc1ccc2c(c1)OCO2)NCC(=O)c1ccc(N2CCOCC2)cc1. The lowest BCUT2D eigenvalue weighted by Gasteiger charge is -2.28. The number of hydrogen-bond acceptors (Lipinski definition) is 6. The highest BCUT2D eigenvalue weighted by Crippen LogP contribution is 2.32. The van der Waals surface area contributed by atoms with Crippen LogP contribution in [0.2, 0.25) is 0 Å². The first-order valence-corrected chi connectivity index (χ1v) is 9.80. The normalized spacial score (nSPS) is 15.2. The molecule has 0 aromatic heterocycles. The zero-order valence-corrected chi connectivity index (χ0v) is 16.2. The number of aryl methyl sites for hydroxylation is 1. The van der Waals surface area contributed by atoms with E-state index in [0.717, 1.165) is 43.3 Å². The summed E-state index contributed by atoms with van der Waals surface area (Å²) < 4.78 is 16.0. The Kier molecular flexibility index (Phi) is 5.95. The van der Waals surface area contributed by atoms with Crippen LogP contribution in [0.15, 0.2) is 42.5 Å². The molecule has 4 rings (SSSR count). The van der Waals surface area contributed by atoms with Gasteiger partial charge in [0.1, 0.15) is 0 Å². The molecule has 0 bridgehead atoms. The van der Waals surface area contributed by atoms with Crippen LogP contribution in [0.4, 0.5) is 5.69 Å². The van der Waals surface area contributed by atoms with Crippen molar-refractivity contribution in [2.45, 2.75) is 12.8 Å². The third-order valence-electron chi connectivity index (χ3n) is 5.09. The summed E-state index contributed by atoms with van der Waals surface area (Å²) in [5.41, 5.74) is 2.67. The van der Waals surface area contributed by atoms with Crippen LogP contribution in [0, 0.1) is 0 Å². The third-order valence-corrected chi connectivity index (χ3v) is 5.09. The molecule has 1 amide bonds. The number of nitrogens with one attached hydrogen (secondary N) is 1. The highest BCUT2D eigenvalue weighted by molar-refractivity contribution is 5.99. The fourth-order valence-electron chi connectivity index (χ4n) is 3.40. The minimum atomic E-state index is -0.152. The van der Waals surface area contributed by atoms with Crippen molar-refractivity contribution >= 4 is 17.4 Å². The molecule has 0 atom stereocenters. The molecule has 2 aromatic carbocycles. The summed E-state index contributed by atoms with van der Waals surface area (Å²) in [5, 5.41) is 2.71. The number of carbonyl (C=O) groups excluding carboxylic acids is 2. The molecule has 1 saturated heterocycles. The van der Waals surface area contributed by atoms with Gasteiger partial charge in [-0.1, -0.05) is 6.07 Å². The lowest BCUT2D eigenvalue weighted by molar-refractivity contribution is -0.120. The predicted molar refractivity (Wildman–Crippen MR) is 108 cm³/mol. The van der Waals surface area contributed by atoms with Crippen molar-refractivity contribution in [1.29, 1.82) is 0 Å². The molecule has 2 aliphatic heterocycles. The number of benzene rings is 2. The summed E-state index contributed by atoms with van der Waals surface area (Å²) >= 11 is 0. The zero-order chi connectivity index (χ0) is 20.1. The van der Waals surface area contributed by atoms with E-state index >= 15 is 0 Å². The van der Waals surface area contributed by atoms with Gasteiger partial charge < -0.3 is 24.4 Å². The van der Waals surface area contributed by atoms with Gasteiger partial charge in [-0.05, 0) is 48.4 Å². The molecule has 0 spiro atoms. The molecule has 0 radical (unpaired) electrons. The monoisotopic (exact) mass is 396 g/mol. The van der Waals surface area contributed by atoms with Crippen molar-refractivity contribution in [1.82, 2.24) is 5.32 Å². The van der Waals surface area contributed by atoms with Crippen LogP contribution >= 0.6 is 0 Å². The maximum Gasteiger partial charge on any atom is 0.231 e. The Morgan fingerprint density at radius 3 is 2.52 bits per heavy atom. The molecular weight excluding hydrogens is 372 g/mol. The van der Waals surface area contributed by atoms with Crippen molar-refractivity contribution in [2.75, 3.05) is 44.5 Å². The maximum absolute atomic E-state index is 12.4. The molecule has 0 aliphatic carbocycles. The van der Waals surface area contributed by atoms with Gasteiger partial charge in [0, 0.05) is 30.8 Å². The fraction of sp³-hybridized carbons (Fsp3) is 0.364. The molecule has 2 aliphatic rings. The topological polar surface area (TPSA) is 77.1 Å². The number of amides is 1. The number of carbonyl (C=O) groups is 2. The number of hydrogen-bond donors (Lipinski definition) is 1. The van der Waals surface area contributed by atoms with Gasteiger partial charge in [0.05, 0.1) is 19.8 Å². The van der Waals surface area contributed by atoms with Gasteiger partial charge in [-0.2, -0.15) is 0 Å². The largest absolute Gasteiger partial charge is 0.454 e. The van der Waals surface area contributed by atoms with E-state index in [1.807, 2.05) is 42.5 Å². The van der Waals surface area contributed by atoms with E-state index in [9.17, 15) is 9.59 Å². The first-order valence-electron chi connectivity index (χ1n) is 9.80. The van der Waals surface area contributed by atoms with Crippen molar-refractivity contribution in [3.63, 3.8) is 0 Å². The van der Waals surface area contributed by atoms with E-state index < -0.39 is 0 Å². The van der Waals surface area contributed by atoms with Gasteiger partial charge in [0.2, 0.25) is 12.7 Å². The minimum absolute atomic E-state index is 0.00310. The average Bonchev–Trinajstić information content (AvgIpc) is 3.24. The summed E-state index contributed by atoms with van der Waals surface area (Å²) in [7, 11) is 0. The number of morpholine rings is 1. The van der Waals surface area contributed by atoms with Crippen LogP contribution in [0.5, 0.6) is 11.5 Å².